The molecule has 5 heteroatoms. The fourth-order valence-electron chi connectivity index (χ4n) is 2.87. The van der Waals surface area contributed by atoms with Crippen molar-refractivity contribution in [3.63, 3.8) is 0 Å². The highest BCUT2D eigenvalue weighted by atomic mass is 16.5. The Bertz CT molecular complexity index is 544. The molecule has 1 fully saturated rings. The second kappa shape index (κ2) is 6.26. The van der Waals surface area contributed by atoms with Gasteiger partial charge in [0.2, 0.25) is 0 Å². The SMILES string of the molecule is Cc1cc(C)c(C(=O)NCC2CCC(C(=O)O)O2)c(C)c1. The number of hydrogen-bond donors (Lipinski definition) is 2. The van der Waals surface area contributed by atoms with Gasteiger partial charge in [-0.15, -0.1) is 0 Å². The summed E-state index contributed by atoms with van der Waals surface area (Å²) in [5, 5.41) is 11.7. The molecule has 2 N–H and O–H groups in total. The number of nitrogens with one attached hydrogen (secondary N) is 1. The minimum atomic E-state index is -0.936. The molecule has 1 aromatic rings. The van der Waals surface area contributed by atoms with Crippen molar-refractivity contribution in [2.75, 3.05) is 6.54 Å². The highest BCUT2D eigenvalue weighted by Gasteiger charge is 2.30. The van der Waals surface area contributed by atoms with E-state index in [0.717, 1.165) is 16.7 Å². The van der Waals surface area contributed by atoms with Crippen LogP contribution in [0.15, 0.2) is 12.1 Å². The van der Waals surface area contributed by atoms with Gasteiger partial charge in [-0.2, -0.15) is 0 Å². The van der Waals surface area contributed by atoms with Gasteiger partial charge >= 0.3 is 5.97 Å². The maximum absolute atomic E-state index is 12.3. The van der Waals surface area contributed by atoms with E-state index in [0.29, 0.717) is 24.9 Å². The van der Waals surface area contributed by atoms with Crippen molar-refractivity contribution in [3.05, 3.63) is 34.4 Å². The molecule has 1 aromatic carbocycles. The zero-order valence-corrected chi connectivity index (χ0v) is 12.6. The third-order valence-corrected chi connectivity index (χ3v) is 3.78. The van der Waals surface area contributed by atoms with Crippen molar-refractivity contribution in [1.29, 1.82) is 0 Å². The lowest BCUT2D eigenvalue weighted by molar-refractivity contribution is -0.149. The molecule has 1 aliphatic rings. The molecule has 114 valence electrons. The Morgan fingerprint density at radius 2 is 1.86 bits per heavy atom. The van der Waals surface area contributed by atoms with E-state index in [2.05, 4.69) is 5.32 Å². The van der Waals surface area contributed by atoms with Gasteiger partial charge in [-0.25, -0.2) is 4.79 Å². The van der Waals surface area contributed by atoms with Crippen molar-refractivity contribution in [3.8, 4) is 0 Å². The number of ether oxygens (including phenoxy) is 1. The molecule has 0 aromatic heterocycles. The van der Waals surface area contributed by atoms with Gasteiger partial charge in [0.15, 0.2) is 6.10 Å². The number of amides is 1. The van der Waals surface area contributed by atoms with Gasteiger partial charge in [0.25, 0.3) is 5.91 Å². The quantitative estimate of drug-likeness (QED) is 0.889. The van der Waals surface area contributed by atoms with E-state index in [1.807, 2.05) is 32.9 Å². The van der Waals surface area contributed by atoms with Crippen molar-refractivity contribution >= 4 is 11.9 Å². The monoisotopic (exact) mass is 291 g/mol. The Balaban J connectivity index is 1.96. The summed E-state index contributed by atoms with van der Waals surface area (Å²) in [5.74, 6) is -1.07. The van der Waals surface area contributed by atoms with E-state index in [4.69, 9.17) is 9.84 Å². The molecule has 21 heavy (non-hydrogen) atoms. The maximum atomic E-state index is 12.3. The fourth-order valence-corrected chi connectivity index (χ4v) is 2.87. The summed E-state index contributed by atoms with van der Waals surface area (Å²) in [4.78, 5) is 23.1. The summed E-state index contributed by atoms with van der Waals surface area (Å²) in [6, 6.07) is 3.96. The molecule has 0 bridgehead atoms. The van der Waals surface area contributed by atoms with E-state index < -0.39 is 12.1 Å². The van der Waals surface area contributed by atoms with Gasteiger partial charge in [0.05, 0.1) is 6.10 Å². The summed E-state index contributed by atoms with van der Waals surface area (Å²) < 4.78 is 5.37. The summed E-state index contributed by atoms with van der Waals surface area (Å²) in [6.45, 7) is 6.18. The van der Waals surface area contributed by atoms with Gasteiger partial charge in [0, 0.05) is 12.1 Å². The average molecular weight is 291 g/mol. The van der Waals surface area contributed by atoms with Crippen LogP contribution in [0.3, 0.4) is 0 Å². The largest absolute Gasteiger partial charge is 0.479 e. The highest BCUT2D eigenvalue weighted by Crippen LogP contribution is 2.20. The van der Waals surface area contributed by atoms with Crippen LogP contribution in [0.5, 0.6) is 0 Å². The van der Waals surface area contributed by atoms with Crippen LogP contribution in [0.2, 0.25) is 0 Å². The first-order valence-corrected chi connectivity index (χ1v) is 7.12. The summed E-state index contributed by atoms with van der Waals surface area (Å²) in [7, 11) is 0. The molecule has 1 saturated heterocycles. The van der Waals surface area contributed by atoms with Crippen molar-refractivity contribution < 1.29 is 19.4 Å². The van der Waals surface area contributed by atoms with Gasteiger partial charge in [-0.05, 0) is 44.7 Å². The number of aryl methyl sites for hydroxylation is 3. The van der Waals surface area contributed by atoms with Gasteiger partial charge in [0.1, 0.15) is 0 Å². The number of hydrogen-bond acceptors (Lipinski definition) is 3. The van der Waals surface area contributed by atoms with Gasteiger partial charge in [-0.3, -0.25) is 4.79 Å². The number of benzene rings is 1. The molecule has 0 spiro atoms. The van der Waals surface area contributed by atoms with Crippen LogP contribution in [0, 0.1) is 20.8 Å². The molecular weight excluding hydrogens is 270 g/mol. The molecule has 2 atom stereocenters. The molecule has 1 amide bonds. The molecule has 0 radical (unpaired) electrons. The van der Waals surface area contributed by atoms with Crippen LogP contribution in [0.1, 0.15) is 39.9 Å². The van der Waals surface area contributed by atoms with Crippen molar-refractivity contribution in [2.24, 2.45) is 0 Å². The van der Waals surface area contributed by atoms with Gasteiger partial charge < -0.3 is 15.2 Å². The Morgan fingerprint density at radius 1 is 1.24 bits per heavy atom. The second-order valence-corrected chi connectivity index (χ2v) is 5.65. The predicted molar refractivity (Wildman–Crippen MR) is 78.5 cm³/mol. The van der Waals surface area contributed by atoms with E-state index in [1.165, 1.54) is 0 Å². The molecule has 0 aliphatic carbocycles. The zero-order valence-electron chi connectivity index (χ0n) is 12.6. The number of carbonyl (C=O) groups excluding carboxylic acids is 1. The number of carboxylic acids is 1. The minimum absolute atomic E-state index is 0.132. The molecule has 0 saturated carbocycles. The number of carbonyl (C=O) groups is 2. The van der Waals surface area contributed by atoms with Crippen LogP contribution in [0.4, 0.5) is 0 Å². The predicted octanol–water partition coefficient (Wildman–Crippen LogP) is 1.97. The van der Waals surface area contributed by atoms with E-state index in [-0.39, 0.29) is 12.0 Å². The highest BCUT2D eigenvalue weighted by molar-refractivity contribution is 5.97. The smallest absolute Gasteiger partial charge is 0.332 e. The van der Waals surface area contributed by atoms with E-state index in [1.54, 1.807) is 0 Å². The van der Waals surface area contributed by atoms with Crippen LogP contribution in [-0.2, 0) is 9.53 Å². The normalized spacial score (nSPS) is 21.3. The first kappa shape index (κ1) is 15.5. The molecule has 1 heterocycles. The van der Waals surface area contributed by atoms with Crippen LogP contribution in [-0.4, -0.2) is 35.7 Å². The molecule has 1 aliphatic heterocycles. The van der Waals surface area contributed by atoms with E-state index >= 15 is 0 Å². The molecule has 5 nitrogen and oxygen atoms in total. The van der Waals surface area contributed by atoms with E-state index in [9.17, 15) is 9.59 Å². The van der Waals surface area contributed by atoms with Crippen LogP contribution in [0.25, 0.3) is 0 Å². The molecule has 2 rings (SSSR count). The number of aliphatic carboxylic acids is 1. The van der Waals surface area contributed by atoms with Crippen LogP contribution < -0.4 is 5.32 Å². The lowest BCUT2D eigenvalue weighted by Crippen LogP contribution is -2.33. The third kappa shape index (κ3) is 3.61. The molecule has 2 unspecified atom stereocenters. The van der Waals surface area contributed by atoms with Gasteiger partial charge in [-0.1, -0.05) is 17.7 Å². The Kier molecular flexibility index (Phi) is 4.63. The minimum Gasteiger partial charge on any atom is -0.479 e. The lowest BCUT2D eigenvalue weighted by atomic mass is 9.99. The van der Waals surface area contributed by atoms with Crippen molar-refractivity contribution in [2.45, 2.75) is 45.8 Å². The maximum Gasteiger partial charge on any atom is 0.332 e. The number of carboxylic acid groups (broad SMARTS) is 1. The number of rotatable bonds is 4. The Labute approximate surface area is 124 Å². The lowest BCUT2D eigenvalue weighted by Gasteiger charge is -2.15. The van der Waals surface area contributed by atoms with Crippen molar-refractivity contribution in [1.82, 2.24) is 5.32 Å². The topological polar surface area (TPSA) is 75.6 Å². The second-order valence-electron chi connectivity index (χ2n) is 5.65. The third-order valence-electron chi connectivity index (χ3n) is 3.78. The first-order chi connectivity index (χ1) is 9.88. The summed E-state index contributed by atoms with van der Waals surface area (Å²) in [6.07, 6.45) is 0.192. The summed E-state index contributed by atoms with van der Waals surface area (Å²) in [5.41, 5.74) is 3.71. The first-order valence-electron chi connectivity index (χ1n) is 7.12. The average Bonchev–Trinajstić information content (AvgIpc) is 2.84. The fraction of sp³-hybridized carbons (Fsp3) is 0.500. The Morgan fingerprint density at radius 3 is 2.38 bits per heavy atom. The van der Waals surface area contributed by atoms with Crippen LogP contribution >= 0.6 is 0 Å². The Hall–Kier alpha value is -1.88. The summed E-state index contributed by atoms with van der Waals surface area (Å²) >= 11 is 0. The zero-order chi connectivity index (χ0) is 15.6. The standard InChI is InChI=1S/C16H21NO4/c1-9-6-10(2)14(11(3)7-9)15(18)17-8-12-4-5-13(21-12)16(19)20/h6-7,12-13H,4-5,8H2,1-3H3,(H,17,18)(H,19,20). The molecular formula is C16H21NO4.